The van der Waals surface area contributed by atoms with Crippen molar-refractivity contribution in [2.45, 2.75) is 32.2 Å². The van der Waals surface area contributed by atoms with Gasteiger partial charge in [-0.25, -0.2) is 4.79 Å². The molecule has 1 rings (SSSR count). The Hall–Kier alpha value is -0.870. The Bertz CT molecular complexity index is 212. The molecule has 13 heavy (non-hydrogen) atoms. The molecule has 0 aliphatic carbocycles. The van der Waals surface area contributed by atoms with Gasteiger partial charge >= 0.3 is 5.97 Å². The third-order valence-corrected chi connectivity index (χ3v) is 1.84. The summed E-state index contributed by atoms with van der Waals surface area (Å²) in [5, 5.41) is 9.10. The van der Waals surface area contributed by atoms with Crippen LogP contribution < -0.4 is 0 Å². The molecule has 1 aliphatic heterocycles. The van der Waals surface area contributed by atoms with Gasteiger partial charge in [0.2, 0.25) is 0 Å². The van der Waals surface area contributed by atoms with Gasteiger partial charge in [-0.15, -0.1) is 0 Å². The Morgan fingerprint density at radius 1 is 1.69 bits per heavy atom. The number of aliphatic hydroxyl groups is 1. The zero-order valence-corrected chi connectivity index (χ0v) is 7.66. The molecule has 0 aromatic heterocycles. The second kappa shape index (κ2) is 4.39. The summed E-state index contributed by atoms with van der Waals surface area (Å²) in [5.41, 5.74) is 0.376. The highest BCUT2D eigenvalue weighted by molar-refractivity contribution is 5.87. The molecule has 0 radical (unpaired) electrons. The lowest BCUT2D eigenvalue weighted by Gasteiger charge is -2.25. The Morgan fingerprint density at radius 3 is 2.92 bits per heavy atom. The summed E-state index contributed by atoms with van der Waals surface area (Å²) in [6, 6.07) is 0. The molecule has 1 heterocycles. The van der Waals surface area contributed by atoms with E-state index < -0.39 is 12.3 Å². The average molecular weight is 186 g/mol. The molecular formula is C9H14O4. The molecule has 1 fully saturated rings. The summed E-state index contributed by atoms with van der Waals surface area (Å²) in [6.45, 7) is 5.49. The highest BCUT2D eigenvalue weighted by atomic mass is 16.6. The fourth-order valence-corrected chi connectivity index (χ4v) is 1.11. The third kappa shape index (κ3) is 3.16. The zero-order chi connectivity index (χ0) is 9.84. The van der Waals surface area contributed by atoms with Crippen LogP contribution in [0.15, 0.2) is 12.2 Å². The van der Waals surface area contributed by atoms with E-state index in [1.165, 1.54) is 0 Å². The lowest BCUT2D eigenvalue weighted by Crippen LogP contribution is -2.32. The van der Waals surface area contributed by atoms with E-state index in [1.54, 1.807) is 6.92 Å². The normalized spacial score (nSPS) is 28.2. The molecule has 0 aromatic carbocycles. The van der Waals surface area contributed by atoms with Crippen LogP contribution in [0.25, 0.3) is 0 Å². The van der Waals surface area contributed by atoms with Crippen LogP contribution in [0.2, 0.25) is 0 Å². The summed E-state index contributed by atoms with van der Waals surface area (Å²) < 4.78 is 9.94. The van der Waals surface area contributed by atoms with E-state index in [1.807, 2.05) is 0 Å². The Balaban J connectivity index is 2.36. The van der Waals surface area contributed by atoms with Gasteiger partial charge in [0.15, 0.2) is 6.29 Å². The predicted molar refractivity (Wildman–Crippen MR) is 45.9 cm³/mol. The van der Waals surface area contributed by atoms with Crippen molar-refractivity contribution in [3.05, 3.63) is 12.2 Å². The lowest BCUT2D eigenvalue weighted by atomic mass is 10.1. The van der Waals surface area contributed by atoms with Crippen LogP contribution in [-0.4, -0.2) is 30.1 Å². The minimum Gasteiger partial charge on any atom is -0.459 e. The molecular weight excluding hydrogens is 172 g/mol. The number of ether oxygens (including phenoxy) is 2. The first kappa shape index (κ1) is 10.2. The monoisotopic (exact) mass is 186 g/mol. The van der Waals surface area contributed by atoms with Gasteiger partial charge in [-0.3, -0.25) is 0 Å². The smallest absolute Gasteiger partial charge is 0.333 e. The highest BCUT2D eigenvalue weighted by Crippen LogP contribution is 2.16. The lowest BCUT2D eigenvalue weighted by molar-refractivity contribution is -0.174. The number of hydrogen-bond acceptors (Lipinski definition) is 4. The van der Waals surface area contributed by atoms with Crippen LogP contribution in [-0.2, 0) is 14.3 Å². The number of aliphatic hydroxyl groups excluding tert-OH is 1. The quantitative estimate of drug-likeness (QED) is 0.507. The van der Waals surface area contributed by atoms with Crippen LogP contribution in [0.1, 0.15) is 19.8 Å². The van der Waals surface area contributed by atoms with E-state index in [9.17, 15) is 4.79 Å². The van der Waals surface area contributed by atoms with Crippen molar-refractivity contribution >= 4 is 5.97 Å². The van der Waals surface area contributed by atoms with Gasteiger partial charge in [-0.1, -0.05) is 6.58 Å². The topological polar surface area (TPSA) is 55.8 Å². The molecule has 2 unspecified atom stereocenters. The molecule has 1 N–H and O–H groups in total. The SMILES string of the molecule is C=C(C)C(=O)OC1CCOC(O)C1. The first-order chi connectivity index (χ1) is 6.09. The van der Waals surface area contributed by atoms with E-state index in [4.69, 9.17) is 14.6 Å². The maximum Gasteiger partial charge on any atom is 0.333 e. The van der Waals surface area contributed by atoms with Gasteiger partial charge in [-0.2, -0.15) is 0 Å². The molecule has 0 spiro atoms. The fraction of sp³-hybridized carbons (Fsp3) is 0.667. The molecule has 0 saturated carbocycles. The first-order valence-electron chi connectivity index (χ1n) is 4.25. The van der Waals surface area contributed by atoms with Crippen LogP contribution >= 0.6 is 0 Å². The maximum atomic E-state index is 11.1. The molecule has 0 bridgehead atoms. The van der Waals surface area contributed by atoms with Crippen molar-refractivity contribution < 1.29 is 19.4 Å². The second-order valence-electron chi connectivity index (χ2n) is 3.16. The van der Waals surface area contributed by atoms with Crippen molar-refractivity contribution in [2.75, 3.05) is 6.61 Å². The zero-order valence-electron chi connectivity index (χ0n) is 7.66. The summed E-state index contributed by atoms with van der Waals surface area (Å²) >= 11 is 0. The van der Waals surface area contributed by atoms with Gasteiger partial charge in [0.1, 0.15) is 6.10 Å². The predicted octanol–water partition coefficient (Wildman–Crippen LogP) is 0.603. The van der Waals surface area contributed by atoms with Crippen LogP contribution in [0.4, 0.5) is 0 Å². The van der Waals surface area contributed by atoms with E-state index in [-0.39, 0.29) is 6.10 Å². The van der Waals surface area contributed by atoms with Crippen molar-refractivity contribution in [2.24, 2.45) is 0 Å². The third-order valence-electron chi connectivity index (χ3n) is 1.84. The van der Waals surface area contributed by atoms with Crippen molar-refractivity contribution in [3.63, 3.8) is 0 Å². The van der Waals surface area contributed by atoms with Crippen molar-refractivity contribution in [3.8, 4) is 0 Å². The second-order valence-corrected chi connectivity index (χ2v) is 3.16. The van der Waals surface area contributed by atoms with Crippen LogP contribution in [0.5, 0.6) is 0 Å². The molecule has 0 amide bonds. The first-order valence-corrected chi connectivity index (χ1v) is 4.25. The number of hydrogen-bond donors (Lipinski definition) is 1. The van der Waals surface area contributed by atoms with Crippen molar-refractivity contribution in [1.82, 2.24) is 0 Å². The minimum atomic E-state index is -0.809. The summed E-state index contributed by atoms with van der Waals surface area (Å²) in [6.07, 6.45) is -0.0700. The summed E-state index contributed by atoms with van der Waals surface area (Å²) in [5.74, 6) is -0.404. The highest BCUT2D eigenvalue weighted by Gasteiger charge is 2.23. The fourth-order valence-electron chi connectivity index (χ4n) is 1.11. The maximum absolute atomic E-state index is 11.1. The molecule has 74 valence electrons. The minimum absolute atomic E-state index is 0.243. The molecule has 0 aromatic rings. The number of carbonyl (C=O) groups excluding carboxylic acids is 1. The number of rotatable bonds is 2. The van der Waals surface area contributed by atoms with Crippen molar-refractivity contribution in [1.29, 1.82) is 0 Å². The van der Waals surface area contributed by atoms with E-state index in [0.29, 0.717) is 25.0 Å². The van der Waals surface area contributed by atoms with Gasteiger partial charge in [-0.05, 0) is 6.92 Å². The van der Waals surface area contributed by atoms with Crippen LogP contribution in [0.3, 0.4) is 0 Å². The summed E-state index contributed by atoms with van der Waals surface area (Å²) in [7, 11) is 0. The Labute approximate surface area is 77.1 Å². The number of carbonyl (C=O) groups is 1. The van der Waals surface area contributed by atoms with E-state index in [2.05, 4.69) is 6.58 Å². The van der Waals surface area contributed by atoms with E-state index >= 15 is 0 Å². The Morgan fingerprint density at radius 2 is 2.38 bits per heavy atom. The molecule has 4 nitrogen and oxygen atoms in total. The van der Waals surface area contributed by atoms with Gasteiger partial charge in [0.25, 0.3) is 0 Å². The summed E-state index contributed by atoms with van der Waals surface area (Å²) in [4.78, 5) is 11.1. The molecule has 2 atom stereocenters. The van der Waals surface area contributed by atoms with Gasteiger partial charge in [0, 0.05) is 18.4 Å². The largest absolute Gasteiger partial charge is 0.459 e. The molecule has 4 heteroatoms. The van der Waals surface area contributed by atoms with Gasteiger partial charge in [0.05, 0.1) is 6.61 Å². The van der Waals surface area contributed by atoms with E-state index in [0.717, 1.165) is 0 Å². The average Bonchev–Trinajstić information content (AvgIpc) is 2.04. The number of esters is 1. The van der Waals surface area contributed by atoms with Crippen LogP contribution in [0, 0.1) is 0 Å². The Kier molecular flexibility index (Phi) is 3.45. The standard InChI is InChI=1S/C9H14O4/c1-6(2)9(11)13-7-3-4-12-8(10)5-7/h7-8,10H,1,3-5H2,2H3. The molecule has 1 saturated heterocycles. The van der Waals surface area contributed by atoms with Gasteiger partial charge < -0.3 is 14.6 Å². The molecule has 1 aliphatic rings.